The quantitative estimate of drug-likeness (QED) is 0.773. The van der Waals surface area contributed by atoms with Crippen molar-refractivity contribution in [3.8, 4) is 0 Å². The highest BCUT2D eigenvalue weighted by Crippen LogP contribution is 2.23. The summed E-state index contributed by atoms with van der Waals surface area (Å²) in [6.07, 6.45) is 0.289. The molecule has 0 aliphatic rings. The summed E-state index contributed by atoms with van der Waals surface area (Å²) in [6.45, 7) is 3.41. The molecule has 1 N–H and O–H groups in total. The van der Waals surface area contributed by atoms with E-state index in [1.165, 1.54) is 0 Å². The molecule has 0 radical (unpaired) electrons. The second-order valence-corrected chi connectivity index (χ2v) is 4.37. The topological polar surface area (TPSA) is 20.2 Å². The molecular weight excluding hydrogens is 205 g/mol. The predicted molar refractivity (Wildman–Crippen MR) is 50.9 cm³/mol. The van der Waals surface area contributed by atoms with E-state index in [0.29, 0.717) is 5.56 Å². The van der Waals surface area contributed by atoms with E-state index in [0.717, 1.165) is 12.1 Å². The van der Waals surface area contributed by atoms with Crippen LogP contribution < -0.4 is 0 Å². The SMILES string of the molecule is CC(C)(CO)Cc1cc(F)c(F)c(F)c1. The second kappa shape index (κ2) is 4.23. The number of hydrogen-bond donors (Lipinski definition) is 1. The molecule has 0 atom stereocenters. The van der Waals surface area contributed by atoms with Gasteiger partial charge in [0.05, 0.1) is 0 Å². The van der Waals surface area contributed by atoms with E-state index in [9.17, 15) is 13.2 Å². The molecule has 1 aromatic rings. The van der Waals surface area contributed by atoms with E-state index in [2.05, 4.69) is 0 Å². The Kier molecular flexibility index (Phi) is 3.39. The zero-order chi connectivity index (χ0) is 11.6. The Morgan fingerprint density at radius 1 is 1.13 bits per heavy atom. The van der Waals surface area contributed by atoms with Crippen LogP contribution in [0.4, 0.5) is 13.2 Å². The molecule has 0 bridgehead atoms. The molecule has 0 aliphatic heterocycles. The highest BCUT2D eigenvalue weighted by Gasteiger charge is 2.19. The second-order valence-electron chi connectivity index (χ2n) is 4.37. The number of aliphatic hydroxyl groups excluding tert-OH is 1. The first kappa shape index (κ1) is 12.0. The molecule has 4 heteroatoms. The summed E-state index contributed by atoms with van der Waals surface area (Å²) >= 11 is 0. The van der Waals surface area contributed by atoms with Gasteiger partial charge in [-0.15, -0.1) is 0 Å². The van der Waals surface area contributed by atoms with Crippen molar-refractivity contribution in [1.82, 2.24) is 0 Å². The molecule has 0 aliphatic carbocycles. The van der Waals surface area contributed by atoms with Crippen LogP contribution in [0, 0.1) is 22.9 Å². The van der Waals surface area contributed by atoms with Gasteiger partial charge in [0.2, 0.25) is 0 Å². The molecule has 0 unspecified atom stereocenters. The summed E-state index contributed by atoms with van der Waals surface area (Å²) in [5.41, 5.74) is -0.137. The van der Waals surface area contributed by atoms with E-state index in [1.807, 2.05) is 0 Å². The van der Waals surface area contributed by atoms with Gasteiger partial charge in [0.15, 0.2) is 17.5 Å². The van der Waals surface area contributed by atoms with E-state index in [4.69, 9.17) is 5.11 Å². The average molecular weight is 218 g/mol. The lowest BCUT2D eigenvalue weighted by Gasteiger charge is -2.21. The third-order valence-corrected chi connectivity index (χ3v) is 2.15. The van der Waals surface area contributed by atoms with Crippen molar-refractivity contribution in [2.75, 3.05) is 6.61 Å². The van der Waals surface area contributed by atoms with E-state index in [-0.39, 0.29) is 13.0 Å². The van der Waals surface area contributed by atoms with Gasteiger partial charge in [-0.1, -0.05) is 13.8 Å². The first-order valence-electron chi connectivity index (χ1n) is 4.60. The summed E-state index contributed by atoms with van der Waals surface area (Å²) in [5, 5.41) is 8.99. The molecule has 84 valence electrons. The molecular formula is C11H13F3O. The van der Waals surface area contributed by atoms with Gasteiger partial charge >= 0.3 is 0 Å². The monoisotopic (exact) mass is 218 g/mol. The van der Waals surface area contributed by atoms with Gasteiger partial charge in [0.1, 0.15) is 0 Å². The third-order valence-electron chi connectivity index (χ3n) is 2.15. The molecule has 1 rings (SSSR count). The van der Waals surface area contributed by atoms with Gasteiger partial charge < -0.3 is 5.11 Å². The van der Waals surface area contributed by atoms with E-state index >= 15 is 0 Å². The molecule has 0 fully saturated rings. The number of halogens is 3. The summed E-state index contributed by atoms with van der Waals surface area (Å²) in [4.78, 5) is 0. The third kappa shape index (κ3) is 2.96. The highest BCUT2D eigenvalue weighted by atomic mass is 19.2. The van der Waals surface area contributed by atoms with Crippen molar-refractivity contribution in [3.05, 3.63) is 35.1 Å². The lowest BCUT2D eigenvalue weighted by atomic mass is 9.87. The fourth-order valence-corrected chi connectivity index (χ4v) is 1.32. The first-order chi connectivity index (χ1) is 6.85. The Bertz CT molecular complexity index is 338. The zero-order valence-electron chi connectivity index (χ0n) is 8.65. The molecule has 1 nitrogen and oxygen atoms in total. The first-order valence-corrected chi connectivity index (χ1v) is 4.60. The van der Waals surface area contributed by atoms with Crippen molar-refractivity contribution in [1.29, 1.82) is 0 Å². The van der Waals surface area contributed by atoms with Gasteiger partial charge in [-0.3, -0.25) is 0 Å². The molecule has 0 amide bonds. The predicted octanol–water partition coefficient (Wildman–Crippen LogP) is 2.66. The lowest BCUT2D eigenvalue weighted by molar-refractivity contribution is 0.159. The van der Waals surface area contributed by atoms with Crippen molar-refractivity contribution in [2.45, 2.75) is 20.3 Å². The minimum absolute atomic E-state index is 0.104. The van der Waals surface area contributed by atoms with Crippen LogP contribution in [0.3, 0.4) is 0 Å². The minimum Gasteiger partial charge on any atom is -0.396 e. The highest BCUT2D eigenvalue weighted by molar-refractivity contribution is 5.20. The maximum absolute atomic E-state index is 12.8. The van der Waals surface area contributed by atoms with Crippen LogP contribution in [0.1, 0.15) is 19.4 Å². The maximum Gasteiger partial charge on any atom is 0.194 e. The minimum atomic E-state index is -1.46. The molecule has 15 heavy (non-hydrogen) atoms. The maximum atomic E-state index is 12.8. The Hall–Kier alpha value is -1.03. The van der Waals surface area contributed by atoms with E-state index < -0.39 is 22.9 Å². The lowest BCUT2D eigenvalue weighted by Crippen LogP contribution is -2.20. The van der Waals surface area contributed by atoms with Crippen molar-refractivity contribution in [2.24, 2.45) is 5.41 Å². The number of rotatable bonds is 3. The van der Waals surface area contributed by atoms with Gasteiger partial charge in [0.25, 0.3) is 0 Å². The summed E-state index contributed by atoms with van der Waals surface area (Å²) < 4.78 is 38.3. The van der Waals surface area contributed by atoms with Gasteiger partial charge in [-0.2, -0.15) is 0 Å². The molecule has 0 spiro atoms. The normalized spacial score (nSPS) is 11.9. The van der Waals surface area contributed by atoms with Crippen molar-refractivity contribution in [3.63, 3.8) is 0 Å². The van der Waals surface area contributed by atoms with Crippen molar-refractivity contribution >= 4 is 0 Å². The van der Waals surface area contributed by atoms with E-state index in [1.54, 1.807) is 13.8 Å². The average Bonchev–Trinajstić information content (AvgIpc) is 2.13. The van der Waals surface area contributed by atoms with Crippen LogP contribution in [-0.4, -0.2) is 11.7 Å². The largest absolute Gasteiger partial charge is 0.396 e. The number of hydrogen-bond acceptors (Lipinski definition) is 1. The fourth-order valence-electron chi connectivity index (χ4n) is 1.32. The summed E-state index contributed by atoms with van der Waals surface area (Å²) in [6, 6.07) is 1.91. The van der Waals surface area contributed by atoms with Crippen LogP contribution in [0.5, 0.6) is 0 Å². The standard InChI is InChI=1S/C11H13F3O/c1-11(2,6-15)5-7-3-8(12)10(14)9(13)4-7/h3-4,15H,5-6H2,1-2H3. The van der Waals surface area contributed by atoms with Crippen LogP contribution in [0.25, 0.3) is 0 Å². The Morgan fingerprint density at radius 3 is 2.00 bits per heavy atom. The van der Waals surface area contributed by atoms with Gasteiger partial charge in [0, 0.05) is 6.61 Å². The molecule has 0 aromatic heterocycles. The number of benzene rings is 1. The summed E-state index contributed by atoms with van der Waals surface area (Å²) in [7, 11) is 0. The Morgan fingerprint density at radius 2 is 1.60 bits per heavy atom. The van der Waals surface area contributed by atoms with Crippen LogP contribution in [0.15, 0.2) is 12.1 Å². The molecule has 0 heterocycles. The molecule has 0 saturated heterocycles. The van der Waals surface area contributed by atoms with Gasteiger partial charge in [-0.05, 0) is 29.5 Å². The zero-order valence-corrected chi connectivity index (χ0v) is 8.65. The Balaban J connectivity index is 2.98. The van der Waals surface area contributed by atoms with Crippen LogP contribution in [-0.2, 0) is 6.42 Å². The molecule has 0 saturated carbocycles. The number of aliphatic hydroxyl groups is 1. The van der Waals surface area contributed by atoms with Gasteiger partial charge in [-0.25, -0.2) is 13.2 Å². The van der Waals surface area contributed by atoms with Crippen molar-refractivity contribution < 1.29 is 18.3 Å². The van der Waals surface area contributed by atoms with Crippen LogP contribution >= 0.6 is 0 Å². The van der Waals surface area contributed by atoms with Crippen LogP contribution in [0.2, 0.25) is 0 Å². The Labute approximate surface area is 86.5 Å². The summed E-state index contributed by atoms with van der Waals surface area (Å²) in [5.74, 6) is -3.85. The molecule has 1 aromatic carbocycles. The fraction of sp³-hybridized carbons (Fsp3) is 0.455. The smallest absolute Gasteiger partial charge is 0.194 e.